The lowest BCUT2D eigenvalue weighted by atomic mass is 9.82. The van der Waals surface area contributed by atoms with Crippen molar-refractivity contribution in [2.24, 2.45) is 17.8 Å². The molecule has 1 saturated carbocycles. The minimum atomic E-state index is 0.719. The molecule has 3 atom stereocenters. The smallest absolute Gasteiger partial charge is 0.00680 e. The first-order valence-electron chi connectivity index (χ1n) is 9.14. The Morgan fingerprint density at radius 1 is 1.15 bits per heavy atom. The van der Waals surface area contributed by atoms with Gasteiger partial charge in [-0.3, -0.25) is 0 Å². The third-order valence-electron chi connectivity index (χ3n) is 5.65. The van der Waals surface area contributed by atoms with E-state index >= 15 is 0 Å². The van der Waals surface area contributed by atoms with Crippen LogP contribution < -0.4 is 5.32 Å². The molecule has 3 unspecified atom stereocenters. The van der Waals surface area contributed by atoms with Gasteiger partial charge in [0.15, 0.2) is 0 Å². The van der Waals surface area contributed by atoms with Gasteiger partial charge in [-0.1, -0.05) is 26.7 Å². The lowest BCUT2D eigenvalue weighted by Crippen LogP contribution is -2.43. The largest absolute Gasteiger partial charge is 0.314 e. The Bertz CT molecular complexity index is 258. The summed E-state index contributed by atoms with van der Waals surface area (Å²) in [4.78, 5) is 2.64. The molecule has 20 heavy (non-hydrogen) atoms. The predicted molar refractivity (Wildman–Crippen MR) is 88.0 cm³/mol. The van der Waals surface area contributed by atoms with Crippen LogP contribution in [0.4, 0.5) is 0 Å². The van der Waals surface area contributed by atoms with Crippen LogP contribution in [0, 0.1) is 17.8 Å². The third-order valence-corrected chi connectivity index (χ3v) is 5.65. The summed E-state index contributed by atoms with van der Waals surface area (Å²) < 4.78 is 0. The molecule has 1 aliphatic carbocycles. The van der Waals surface area contributed by atoms with Crippen LogP contribution in [-0.2, 0) is 0 Å². The zero-order chi connectivity index (χ0) is 14.4. The molecule has 2 rings (SSSR count). The number of rotatable bonds is 6. The quantitative estimate of drug-likeness (QED) is 0.793. The van der Waals surface area contributed by atoms with Gasteiger partial charge >= 0.3 is 0 Å². The SMILES string of the molecule is CCCN1CCC(C(C)NCC2CCCC(C)C2)CC1. The molecule has 0 bridgehead atoms. The molecule has 2 heteroatoms. The van der Waals surface area contributed by atoms with Crippen molar-refractivity contribution in [2.45, 2.75) is 71.8 Å². The van der Waals surface area contributed by atoms with Crippen LogP contribution in [0.3, 0.4) is 0 Å². The highest BCUT2D eigenvalue weighted by Crippen LogP contribution is 2.28. The van der Waals surface area contributed by atoms with E-state index in [2.05, 4.69) is 31.0 Å². The molecule has 2 nitrogen and oxygen atoms in total. The molecule has 1 saturated heterocycles. The minimum absolute atomic E-state index is 0.719. The summed E-state index contributed by atoms with van der Waals surface area (Å²) in [5.41, 5.74) is 0. The number of hydrogen-bond donors (Lipinski definition) is 1. The van der Waals surface area contributed by atoms with Crippen molar-refractivity contribution < 1.29 is 0 Å². The highest BCUT2D eigenvalue weighted by molar-refractivity contribution is 4.81. The van der Waals surface area contributed by atoms with Crippen LogP contribution in [0.2, 0.25) is 0 Å². The van der Waals surface area contributed by atoms with Crippen molar-refractivity contribution in [3.8, 4) is 0 Å². The third kappa shape index (κ3) is 5.04. The summed E-state index contributed by atoms with van der Waals surface area (Å²) in [6, 6.07) is 0.719. The lowest BCUT2D eigenvalue weighted by Gasteiger charge is -2.36. The predicted octanol–water partition coefficient (Wildman–Crippen LogP) is 3.91. The topological polar surface area (TPSA) is 15.3 Å². The zero-order valence-electron chi connectivity index (χ0n) is 14.0. The van der Waals surface area contributed by atoms with E-state index in [1.165, 1.54) is 71.1 Å². The average molecular weight is 280 g/mol. The molecule has 2 fully saturated rings. The summed E-state index contributed by atoms with van der Waals surface area (Å²) in [6.45, 7) is 12.4. The van der Waals surface area contributed by atoms with Gasteiger partial charge in [0.25, 0.3) is 0 Å². The summed E-state index contributed by atoms with van der Waals surface area (Å²) >= 11 is 0. The van der Waals surface area contributed by atoms with E-state index in [0.717, 1.165) is 23.8 Å². The van der Waals surface area contributed by atoms with E-state index in [1.807, 2.05) is 0 Å². The first-order chi connectivity index (χ1) is 9.69. The molecule has 2 aliphatic rings. The van der Waals surface area contributed by atoms with E-state index in [0.29, 0.717) is 0 Å². The second-order valence-electron chi connectivity index (χ2n) is 7.51. The molecule has 0 spiro atoms. The molecular formula is C18H36N2. The van der Waals surface area contributed by atoms with E-state index in [9.17, 15) is 0 Å². The van der Waals surface area contributed by atoms with Gasteiger partial charge in [0.2, 0.25) is 0 Å². The van der Waals surface area contributed by atoms with Gasteiger partial charge in [-0.2, -0.15) is 0 Å². The zero-order valence-corrected chi connectivity index (χ0v) is 14.0. The summed E-state index contributed by atoms with van der Waals surface area (Å²) in [6.07, 6.45) is 9.93. The highest BCUT2D eigenvalue weighted by Gasteiger charge is 2.24. The molecule has 1 N–H and O–H groups in total. The normalized spacial score (nSPS) is 31.4. The van der Waals surface area contributed by atoms with Crippen molar-refractivity contribution in [3.63, 3.8) is 0 Å². The molecular weight excluding hydrogens is 244 g/mol. The van der Waals surface area contributed by atoms with Crippen molar-refractivity contribution in [3.05, 3.63) is 0 Å². The Morgan fingerprint density at radius 3 is 2.55 bits per heavy atom. The van der Waals surface area contributed by atoms with E-state index in [4.69, 9.17) is 0 Å². The van der Waals surface area contributed by atoms with Gasteiger partial charge in [0.1, 0.15) is 0 Å². The van der Waals surface area contributed by atoms with Gasteiger partial charge in [-0.15, -0.1) is 0 Å². The maximum atomic E-state index is 3.87. The number of piperidine rings is 1. The Morgan fingerprint density at radius 2 is 1.90 bits per heavy atom. The first-order valence-corrected chi connectivity index (χ1v) is 9.14. The number of nitrogens with one attached hydrogen (secondary N) is 1. The molecule has 0 radical (unpaired) electrons. The second kappa shape index (κ2) is 8.38. The fraction of sp³-hybridized carbons (Fsp3) is 1.00. The number of likely N-dealkylation sites (tertiary alicyclic amines) is 1. The number of nitrogens with zero attached hydrogens (tertiary/aromatic N) is 1. The molecule has 118 valence electrons. The van der Waals surface area contributed by atoms with Gasteiger partial charge in [0.05, 0.1) is 0 Å². The van der Waals surface area contributed by atoms with Crippen molar-refractivity contribution in [2.75, 3.05) is 26.2 Å². The highest BCUT2D eigenvalue weighted by atomic mass is 15.1. The monoisotopic (exact) mass is 280 g/mol. The fourth-order valence-electron chi connectivity index (χ4n) is 4.26. The van der Waals surface area contributed by atoms with Crippen molar-refractivity contribution in [1.29, 1.82) is 0 Å². The second-order valence-corrected chi connectivity index (χ2v) is 7.51. The van der Waals surface area contributed by atoms with Gasteiger partial charge in [-0.05, 0) is 83.0 Å². The maximum Gasteiger partial charge on any atom is 0.00680 e. The van der Waals surface area contributed by atoms with Crippen molar-refractivity contribution >= 4 is 0 Å². The molecule has 0 aromatic rings. The van der Waals surface area contributed by atoms with E-state index in [1.54, 1.807) is 0 Å². The van der Waals surface area contributed by atoms with Crippen LogP contribution in [0.1, 0.15) is 65.7 Å². The molecule has 0 aromatic carbocycles. The van der Waals surface area contributed by atoms with Gasteiger partial charge in [-0.25, -0.2) is 0 Å². The van der Waals surface area contributed by atoms with E-state index in [-0.39, 0.29) is 0 Å². The Kier molecular flexibility index (Phi) is 6.83. The first kappa shape index (κ1) is 16.3. The van der Waals surface area contributed by atoms with Crippen molar-refractivity contribution in [1.82, 2.24) is 10.2 Å². The average Bonchev–Trinajstić information content (AvgIpc) is 2.46. The molecule has 1 aliphatic heterocycles. The summed E-state index contributed by atoms with van der Waals surface area (Å²) in [5, 5.41) is 3.87. The van der Waals surface area contributed by atoms with Crippen LogP contribution in [0.25, 0.3) is 0 Å². The lowest BCUT2D eigenvalue weighted by molar-refractivity contribution is 0.158. The molecule has 1 heterocycles. The minimum Gasteiger partial charge on any atom is -0.314 e. The standard InChI is InChI=1S/C18H36N2/c1-4-10-20-11-8-18(9-12-20)16(3)19-14-17-7-5-6-15(2)13-17/h15-19H,4-14H2,1-3H3. The molecule has 0 aromatic heterocycles. The summed E-state index contributed by atoms with van der Waals surface area (Å²) in [7, 11) is 0. The van der Waals surface area contributed by atoms with Gasteiger partial charge < -0.3 is 10.2 Å². The van der Waals surface area contributed by atoms with Crippen LogP contribution in [0.5, 0.6) is 0 Å². The van der Waals surface area contributed by atoms with Crippen LogP contribution in [-0.4, -0.2) is 37.1 Å². The Hall–Kier alpha value is -0.0800. The Labute approximate surface area is 126 Å². The maximum absolute atomic E-state index is 3.87. The van der Waals surface area contributed by atoms with E-state index < -0.39 is 0 Å². The molecule has 0 amide bonds. The fourth-order valence-corrected chi connectivity index (χ4v) is 4.26. The Balaban J connectivity index is 1.63. The summed E-state index contributed by atoms with van der Waals surface area (Å²) in [5.74, 6) is 2.81. The van der Waals surface area contributed by atoms with Crippen LogP contribution in [0.15, 0.2) is 0 Å². The van der Waals surface area contributed by atoms with Crippen LogP contribution >= 0.6 is 0 Å². The van der Waals surface area contributed by atoms with Gasteiger partial charge in [0, 0.05) is 6.04 Å². The number of hydrogen-bond acceptors (Lipinski definition) is 2.